The predicted molar refractivity (Wildman–Crippen MR) is 90.9 cm³/mol. The SMILES string of the molecule is Cc1cc(CN(C)C(=O)C2(Cc3ccccc3F)CNC2)ccn1. The predicted octanol–water partition coefficient (Wildman–Crippen LogP) is 2.32. The number of aryl methyl sites for hydroxylation is 1. The summed E-state index contributed by atoms with van der Waals surface area (Å²) in [4.78, 5) is 18.9. The lowest BCUT2D eigenvalue weighted by atomic mass is 9.75. The van der Waals surface area contributed by atoms with Crippen molar-refractivity contribution in [2.45, 2.75) is 19.9 Å². The second-order valence-corrected chi connectivity index (χ2v) is 6.62. The number of carbonyl (C=O) groups is 1. The summed E-state index contributed by atoms with van der Waals surface area (Å²) in [6.45, 7) is 3.63. The van der Waals surface area contributed by atoms with Crippen LogP contribution in [0.1, 0.15) is 16.8 Å². The zero-order chi connectivity index (χ0) is 17.2. The maximum Gasteiger partial charge on any atom is 0.231 e. The van der Waals surface area contributed by atoms with Gasteiger partial charge in [-0.2, -0.15) is 0 Å². The van der Waals surface area contributed by atoms with Crippen LogP contribution < -0.4 is 5.32 Å². The molecular weight excluding hydrogens is 305 g/mol. The van der Waals surface area contributed by atoms with E-state index in [0.29, 0.717) is 31.6 Å². The number of nitrogens with zero attached hydrogens (tertiary/aromatic N) is 2. The first kappa shape index (κ1) is 16.6. The molecule has 1 aliphatic heterocycles. The van der Waals surface area contributed by atoms with E-state index in [2.05, 4.69) is 10.3 Å². The molecule has 2 heterocycles. The van der Waals surface area contributed by atoms with Gasteiger partial charge in [0.05, 0.1) is 5.41 Å². The van der Waals surface area contributed by atoms with E-state index in [1.165, 1.54) is 6.07 Å². The highest BCUT2D eigenvalue weighted by Gasteiger charge is 2.46. The van der Waals surface area contributed by atoms with Crippen LogP contribution in [0.4, 0.5) is 4.39 Å². The van der Waals surface area contributed by atoms with Gasteiger partial charge in [-0.25, -0.2) is 4.39 Å². The van der Waals surface area contributed by atoms with E-state index in [1.807, 2.05) is 25.1 Å². The van der Waals surface area contributed by atoms with Crippen molar-refractivity contribution in [3.63, 3.8) is 0 Å². The summed E-state index contributed by atoms with van der Waals surface area (Å²) in [5.74, 6) is -0.192. The zero-order valence-corrected chi connectivity index (χ0v) is 14.1. The fourth-order valence-electron chi connectivity index (χ4n) is 3.24. The van der Waals surface area contributed by atoms with Gasteiger partial charge in [0.2, 0.25) is 5.91 Å². The molecular formula is C19H22FN3O. The van der Waals surface area contributed by atoms with E-state index in [1.54, 1.807) is 30.3 Å². The lowest BCUT2D eigenvalue weighted by Crippen LogP contribution is -2.62. The first-order chi connectivity index (χ1) is 11.5. The molecule has 0 atom stereocenters. The third-order valence-corrected chi connectivity index (χ3v) is 4.59. The molecule has 1 amide bonds. The average Bonchev–Trinajstić information content (AvgIpc) is 2.52. The standard InChI is InChI=1S/C19H22FN3O/c1-14-9-15(7-8-22-14)11-23(2)18(24)19(12-21-13-19)10-16-5-3-4-6-17(16)20/h3-9,21H,10-13H2,1-2H3. The van der Waals surface area contributed by atoms with Gasteiger partial charge in [-0.15, -0.1) is 0 Å². The number of benzene rings is 1. The largest absolute Gasteiger partial charge is 0.341 e. The highest BCUT2D eigenvalue weighted by Crippen LogP contribution is 2.31. The summed E-state index contributed by atoms with van der Waals surface area (Å²) in [6, 6.07) is 10.6. The summed E-state index contributed by atoms with van der Waals surface area (Å²) >= 11 is 0. The molecule has 24 heavy (non-hydrogen) atoms. The van der Waals surface area contributed by atoms with E-state index >= 15 is 0 Å². The lowest BCUT2D eigenvalue weighted by molar-refractivity contribution is -0.144. The molecule has 4 nitrogen and oxygen atoms in total. The monoisotopic (exact) mass is 327 g/mol. The molecule has 0 bridgehead atoms. The van der Waals surface area contributed by atoms with Gasteiger partial charge >= 0.3 is 0 Å². The molecule has 0 spiro atoms. The molecule has 1 N–H and O–H groups in total. The number of carbonyl (C=O) groups excluding carboxylic acids is 1. The quantitative estimate of drug-likeness (QED) is 0.917. The Balaban J connectivity index is 1.75. The van der Waals surface area contributed by atoms with E-state index in [0.717, 1.165) is 11.3 Å². The fourth-order valence-corrected chi connectivity index (χ4v) is 3.24. The zero-order valence-electron chi connectivity index (χ0n) is 14.1. The number of hydrogen-bond donors (Lipinski definition) is 1. The Labute approximate surface area is 141 Å². The minimum Gasteiger partial charge on any atom is -0.341 e. The summed E-state index contributed by atoms with van der Waals surface area (Å²) < 4.78 is 14.0. The van der Waals surface area contributed by atoms with Crippen molar-refractivity contribution in [3.05, 3.63) is 65.2 Å². The number of rotatable bonds is 5. The molecule has 0 saturated carbocycles. The molecule has 0 radical (unpaired) electrons. The van der Waals surface area contributed by atoms with E-state index < -0.39 is 5.41 Å². The molecule has 2 aromatic rings. The van der Waals surface area contributed by atoms with Crippen molar-refractivity contribution in [1.29, 1.82) is 0 Å². The Kier molecular flexibility index (Phi) is 4.62. The number of halogens is 1. The Morgan fingerprint density at radius 2 is 2.08 bits per heavy atom. The van der Waals surface area contributed by atoms with Crippen LogP contribution in [0.3, 0.4) is 0 Å². The fraction of sp³-hybridized carbons (Fsp3) is 0.368. The van der Waals surface area contributed by atoms with Gasteiger partial charge in [-0.3, -0.25) is 9.78 Å². The van der Waals surface area contributed by atoms with Crippen LogP contribution in [0.2, 0.25) is 0 Å². The number of aromatic nitrogens is 1. The molecule has 1 fully saturated rings. The maximum absolute atomic E-state index is 14.0. The smallest absolute Gasteiger partial charge is 0.231 e. The van der Waals surface area contributed by atoms with E-state index in [9.17, 15) is 9.18 Å². The Morgan fingerprint density at radius 3 is 2.71 bits per heavy atom. The number of amides is 1. The van der Waals surface area contributed by atoms with Crippen LogP contribution >= 0.6 is 0 Å². The summed E-state index contributed by atoms with van der Waals surface area (Å²) in [7, 11) is 1.81. The molecule has 5 heteroatoms. The van der Waals surface area contributed by atoms with Crippen LogP contribution in [0.5, 0.6) is 0 Å². The average molecular weight is 327 g/mol. The van der Waals surface area contributed by atoms with E-state index in [4.69, 9.17) is 0 Å². The van der Waals surface area contributed by atoms with Crippen molar-refractivity contribution in [2.24, 2.45) is 5.41 Å². The van der Waals surface area contributed by atoms with Gasteiger partial charge < -0.3 is 10.2 Å². The second kappa shape index (κ2) is 6.69. The summed E-state index contributed by atoms with van der Waals surface area (Å²) in [5, 5.41) is 3.17. The second-order valence-electron chi connectivity index (χ2n) is 6.62. The van der Waals surface area contributed by atoms with Crippen molar-refractivity contribution >= 4 is 5.91 Å². The third kappa shape index (κ3) is 3.31. The van der Waals surface area contributed by atoms with Crippen molar-refractivity contribution in [1.82, 2.24) is 15.2 Å². The van der Waals surface area contributed by atoms with Gasteiger partial charge in [0.25, 0.3) is 0 Å². The highest BCUT2D eigenvalue weighted by atomic mass is 19.1. The third-order valence-electron chi connectivity index (χ3n) is 4.59. The number of nitrogens with one attached hydrogen (secondary N) is 1. The molecule has 0 unspecified atom stereocenters. The Morgan fingerprint density at radius 1 is 1.33 bits per heavy atom. The van der Waals surface area contributed by atoms with E-state index in [-0.39, 0.29) is 11.7 Å². The molecule has 3 rings (SSSR count). The minimum absolute atomic E-state index is 0.0546. The Bertz CT molecular complexity index is 743. The van der Waals surface area contributed by atoms with Gasteiger partial charge in [-0.05, 0) is 42.7 Å². The first-order valence-corrected chi connectivity index (χ1v) is 8.11. The van der Waals surface area contributed by atoms with Gasteiger partial charge in [0.15, 0.2) is 0 Å². The normalized spacial score (nSPS) is 15.6. The lowest BCUT2D eigenvalue weighted by Gasteiger charge is -2.43. The molecule has 1 saturated heterocycles. The molecule has 1 aromatic carbocycles. The molecule has 126 valence electrons. The highest BCUT2D eigenvalue weighted by molar-refractivity contribution is 5.84. The Hall–Kier alpha value is -2.27. The molecule has 0 aliphatic carbocycles. The van der Waals surface area contributed by atoms with Crippen molar-refractivity contribution < 1.29 is 9.18 Å². The van der Waals surface area contributed by atoms with Crippen LogP contribution in [-0.2, 0) is 17.8 Å². The van der Waals surface area contributed by atoms with Gasteiger partial charge in [0, 0.05) is 38.6 Å². The topological polar surface area (TPSA) is 45.2 Å². The van der Waals surface area contributed by atoms with Crippen LogP contribution in [0.25, 0.3) is 0 Å². The van der Waals surface area contributed by atoms with Crippen molar-refractivity contribution in [3.8, 4) is 0 Å². The summed E-state index contributed by atoms with van der Waals surface area (Å²) in [5.41, 5.74) is 2.02. The number of hydrogen-bond acceptors (Lipinski definition) is 3. The van der Waals surface area contributed by atoms with Crippen molar-refractivity contribution in [2.75, 3.05) is 20.1 Å². The first-order valence-electron chi connectivity index (χ1n) is 8.11. The number of pyridine rings is 1. The van der Waals surface area contributed by atoms with Crippen LogP contribution in [-0.4, -0.2) is 35.9 Å². The molecule has 1 aliphatic rings. The van der Waals surface area contributed by atoms with Crippen LogP contribution in [0, 0.1) is 18.2 Å². The maximum atomic E-state index is 14.0. The summed E-state index contributed by atoms with van der Waals surface area (Å²) in [6.07, 6.45) is 2.17. The van der Waals surface area contributed by atoms with Gasteiger partial charge in [-0.1, -0.05) is 18.2 Å². The minimum atomic E-state index is -0.557. The van der Waals surface area contributed by atoms with Crippen LogP contribution in [0.15, 0.2) is 42.6 Å². The van der Waals surface area contributed by atoms with Gasteiger partial charge in [0.1, 0.15) is 5.82 Å². The molecule has 1 aromatic heterocycles.